The van der Waals surface area contributed by atoms with Crippen molar-refractivity contribution in [1.82, 2.24) is 25.0 Å². The van der Waals surface area contributed by atoms with Crippen LogP contribution in [0, 0.1) is 5.92 Å². The van der Waals surface area contributed by atoms with Crippen molar-refractivity contribution in [3.63, 3.8) is 0 Å². The average Bonchev–Trinajstić information content (AvgIpc) is 3.43. The molecule has 4 rings (SSSR count). The van der Waals surface area contributed by atoms with Crippen LogP contribution in [0.4, 0.5) is 32.3 Å². The van der Waals surface area contributed by atoms with Gasteiger partial charge in [-0.05, 0) is 43.5 Å². The minimum atomic E-state index is -5.99. The van der Waals surface area contributed by atoms with Gasteiger partial charge in [0.2, 0.25) is 11.9 Å². The standard InChI is InChI=1S/C20H19F6N7O3/c21-19(22,23)18(35,20(24,25)26)9-36-13-5-3-12(4-6-13)33-16-14(31-32-33)8-28-17(30-16)29-11-2-1-10(7-11)15(27)34/h3-6,8,10-11,35H,1-2,7,9H2,(H2,27,34)(H,28,29,30)/t10-,11-/m1/s1. The molecule has 0 aliphatic heterocycles. The third-order valence-corrected chi connectivity index (χ3v) is 5.83. The van der Waals surface area contributed by atoms with E-state index in [9.17, 15) is 36.2 Å². The van der Waals surface area contributed by atoms with Crippen LogP contribution in [0.3, 0.4) is 0 Å². The van der Waals surface area contributed by atoms with E-state index in [0.29, 0.717) is 30.5 Å². The van der Waals surface area contributed by atoms with Crippen LogP contribution in [0.25, 0.3) is 16.9 Å². The van der Waals surface area contributed by atoms with E-state index in [1.165, 1.54) is 23.0 Å². The van der Waals surface area contributed by atoms with Gasteiger partial charge in [0, 0.05) is 12.0 Å². The fourth-order valence-corrected chi connectivity index (χ4v) is 3.72. The maximum atomic E-state index is 12.8. The molecule has 2 heterocycles. The second-order valence-corrected chi connectivity index (χ2v) is 8.30. The highest BCUT2D eigenvalue weighted by molar-refractivity contribution is 5.77. The molecule has 2 atom stereocenters. The number of primary amides is 1. The van der Waals surface area contributed by atoms with Gasteiger partial charge in [0.15, 0.2) is 11.2 Å². The number of nitrogens with one attached hydrogen (secondary N) is 1. The first-order valence-electron chi connectivity index (χ1n) is 10.5. The van der Waals surface area contributed by atoms with Crippen molar-refractivity contribution < 1.29 is 41.0 Å². The number of halogens is 6. The van der Waals surface area contributed by atoms with Crippen molar-refractivity contribution in [1.29, 1.82) is 0 Å². The van der Waals surface area contributed by atoms with Crippen LogP contribution in [-0.2, 0) is 4.79 Å². The third-order valence-electron chi connectivity index (χ3n) is 5.83. The Kier molecular flexibility index (Phi) is 6.40. The number of ether oxygens (including phenoxy) is 1. The Morgan fingerprint density at radius 1 is 1.14 bits per heavy atom. The zero-order chi connectivity index (χ0) is 26.3. The molecule has 0 spiro atoms. The van der Waals surface area contributed by atoms with Crippen LogP contribution in [0.1, 0.15) is 19.3 Å². The molecule has 2 aromatic heterocycles. The maximum Gasteiger partial charge on any atom is 0.429 e. The molecule has 1 saturated carbocycles. The van der Waals surface area contributed by atoms with E-state index in [1.807, 2.05) is 0 Å². The molecule has 0 bridgehead atoms. The smallest absolute Gasteiger partial charge is 0.429 e. The number of aliphatic hydroxyl groups is 1. The summed E-state index contributed by atoms with van der Waals surface area (Å²) in [6.07, 6.45) is -8.68. The average molecular weight is 519 g/mol. The van der Waals surface area contributed by atoms with Gasteiger partial charge in [0.05, 0.1) is 11.9 Å². The van der Waals surface area contributed by atoms with E-state index in [1.54, 1.807) is 0 Å². The summed E-state index contributed by atoms with van der Waals surface area (Å²) in [4.78, 5) is 19.9. The van der Waals surface area contributed by atoms with Gasteiger partial charge in [-0.15, -0.1) is 5.10 Å². The van der Waals surface area contributed by atoms with Crippen molar-refractivity contribution in [3.8, 4) is 11.4 Å². The van der Waals surface area contributed by atoms with Crippen LogP contribution >= 0.6 is 0 Å². The Bertz CT molecular complexity index is 1230. The summed E-state index contributed by atoms with van der Waals surface area (Å²) in [5.74, 6) is -0.702. The molecule has 0 saturated heterocycles. The second kappa shape index (κ2) is 9.07. The Labute approximate surface area is 198 Å². The van der Waals surface area contributed by atoms with Crippen molar-refractivity contribution in [2.24, 2.45) is 11.7 Å². The summed E-state index contributed by atoms with van der Waals surface area (Å²) in [6.45, 7) is -2.08. The minimum absolute atomic E-state index is 0.0623. The van der Waals surface area contributed by atoms with Gasteiger partial charge in [0.1, 0.15) is 12.4 Å². The van der Waals surface area contributed by atoms with Crippen LogP contribution in [0.15, 0.2) is 30.5 Å². The zero-order valence-electron chi connectivity index (χ0n) is 18.2. The lowest BCUT2D eigenvalue weighted by Crippen LogP contribution is -2.60. The SMILES string of the molecule is NC(=O)[C@@H]1CC[C@@H](Nc2ncc3nnn(-c4ccc(OCC(O)(C(F)(F)F)C(F)(F)F)cc4)c3n2)C1. The highest BCUT2D eigenvalue weighted by Crippen LogP contribution is 2.43. The lowest BCUT2D eigenvalue weighted by atomic mass is 10.0. The van der Waals surface area contributed by atoms with Crippen molar-refractivity contribution in [3.05, 3.63) is 30.5 Å². The lowest BCUT2D eigenvalue weighted by molar-refractivity contribution is -0.373. The van der Waals surface area contributed by atoms with Crippen molar-refractivity contribution in [2.75, 3.05) is 11.9 Å². The fraction of sp³-hybridized carbons (Fsp3) is 0.450. The molecule has 1 aliphatic rings. The number of nitrogens with two attached hydrogens (primary N) is 1. The molecular weight excluding hydrogens is 500 g/mol. The number of fused-ring (bicyclic) bond motifs is 1. The largest absolute Gasteiger partial charge is 0.490 e. The highest BCUT2D eigenvalue weighted by atomic mass is 19.4. The number of alkyl halides is 6. The number of anilines is 1. The number of carbonyl (C=O) groups excluding carboxylic acids is 1. The third kappa shape index (κ3) is 4.84. The molecule has 1 aliphatic carbocycles. The van der Waals surface area contributed by atoms with E-state index < -0.39 is 24.6 Å². The van der Waals surface area contributed by atoms with Crippen LogP contribution in [0.2, 0.25) is 0 Å². The van der Waals surface area contributed by atoms with Gasteiger partial charge in [-0.2, -0.15) is 36.0 Å². The first-order valence-corrected chi connectivity index (χ1v) is 10.5. The first-order chi connectivity index (χ1) is 16.8. The summed E-state index contributed by atoms with van der Waals surface area (Å²) in [5.41, 5.74) is 1.24. The summed E-state index contributed by atoms with van der Waals surface area (Å²) in [7, 11) is 0. The first kappa shape index (κ1) is 25.4. The van der Waals surface area contributed by atoms with E-state index in [4.69, 9.17) is 5.73 Å². The maximum absolute atomic E-state index is 12.8. The molecule has 0 radical (unpaired) electrons. The summed E-state index contributed by atoms with van der Waals surface area (Å²) in [6, 6.07) is 4.78. The number of benzene rings is 1. The predicted molar refractivity (Wildman–Crippen MR) is 111 cm³/mol. The number of rotatable bonds is 7. The molecule has 3 aromatic rings. The van der Waals surface area contributed by atoms with Gasteiger partial charge in [-0.1, -0.05) is 5.21 Å². The molecule has 194 valence electrons. The number of amides is 1. The Morgan fingerprint density at radius 3 is 2.39 bits per heavy atom. The predicted octanol–water partition coefficient (Wildman–Crippen LogP) is 2.51. The molecule has 10 nitrogen and oxygen atoms in total. The summed E-state index contributed by atoms with van der Waals surface area (Å²) < 4.78 is 82.7. The highest BCUT2D eigenvalue weighted by Gasteiger charge is 2.71. The Balaban J connectivity index is 1.49. The fourth-order valence-electron chi connectivity index (χ4n) is 3.72. The van der Waals surface area contributed by atoms with E-state index in [2.05, 4.69) is 30.3 Å². The Hall–Kier alpha value is -3.69. The normalized spacial score (nSPS) is 19.0. The zero-order valence-corrected chi connectivity index (χ0v) is 18.2. The van der Waals surface area contributed by atoms with Crippen LogP contribution in [-0.4, -0.2) is 66.6 Å². The lowest BCUT2D eigenvalue weighted by Gasteiger charge is -2.31. The molecule has 4 N–H and O–H groups in total. The number of hydrogen-bond donors (Lipinski definition) is 3. The van der Waals surface area contributed by atoms with Gasteiger partial charge >= 0.3 is 12.4 Å². The van der Waals surface area contributed by atoms with Gasteiger partial charge in [-0.25, -0.2) is 4.98 Å². The molecule has 1 amide bonds. The number of aromatic nitrogens is 5. The minimum Gasteiger partial charge on any atom is -0.490 e. The summed E-state index contributed by atoms with van der Waals surface area (Å²) >= 11 is 0. The quantitative estimate of drug-likeness (QED) is 0.405. The van der Waals surface area contributed by atoms with Gasteiger partial charge in [0.25, 0.3) is 5.60 Å². The molecule has 1 aromatic carbocycles. The number of carbonyl (C=O) groups is 1. The molecule has 36 heavy (non-hydrogen) atoms. The van der Waals surface area contributed by atoms with E-state index >= 15 is 0 Å². The number of nitrogens with zero attached hydrogens (tertiary/aromatic N) is 5. The van der Waals surface area contributed by atoms with Crippen LogP contribution in [0.5, 0.6) is 5.75 Å². The molecule has 0 unspecified atom stereocenters. The van der Waals surface area contributed by atoms with E-state index in [0.717, 1.165) is 12.1 Å². The second-order valence-electron chi connectivity index (χ2n) is 8.30. The van der Waals surface area contributed by atoms with Crippen molar-refractivity contribution >= 4 is 23.0 Å². The summed E-state index contributed by atoms with van der Waals surface area (Å²) in [5, 5.41) is 20.2. The topological polar surface area (TPSA) is 141 Å². The Morgan fingerprint density at radius 2 is 1.81 bits per heavy atom. The molecule has 1 fully saturated rings. The monoisotopic (exact) mass is 519 g/mol. The molecular formula is C20H19F6N7O3. The van der Waals surface area contributed by atoms with Gasteiger partial charge in [-0.3, -0.25) is 4.79 Å². The van der Waals surface area contributed by atoms with Crippen molar-refractivity contribution in [2.45, 2.75) is 43.3 Å². The number of hydrogen-bond acceptors (Lipinski definition) is 8. The van der Waals surface area contributed by atoms with Gasteiger partial charge < -0.3 is 20.9 Å². The molecule has 16 heteroatoms. The van der Waals surface area contributed by atoms with Crippen LogP contribution < -0.4 is 15.8 Å². The van der Waals surface area contributed by atoms with E-state index in [-0.39, 0.29) is 35.2 Å².